The van der Waals surface area contributed by atoms with E-state index < -0.39 is 23.7 Å². The largest absolute Gasteiger partial charge is 0.478 e. The van der Waals surface area contributed by atoms with Gasteiger partial charge in [-0.3, -0.25) is 0 Å². The highest BCUT2D eigenvalue weighted by Gasteiger charge is 2.31. The molecule has 3 aromatic rings. The van der Waals surface area contributed by atoms with Crippen molar-refractivity contribution in [3.63, 3.8) is 0 Å². The third kappa shape index (κ3) is 5.93. The van der Waals surface area contributed by atoms with Crippen LogP contribution in [-0.2, 0) is 12.7 Å². The number of halogens is 4. The fourth-order valence-electron chi connectivity index (χ4n) is 3.01. The molecule has 0 spiro atoms. The van der Waals surface area contributed by atoms with Crippen LogP contribution in [0.1, 0.15) is 31.8 Å². The van der Waals surface area contributed by atoms with Crippen LogP contribution in [0.4, 0.5) is 35.9 Å². The van der Waals surface area contributed by atoms with Gasteiger partial charge in [-0.1, -0.05) is 18.2 Å². The standard InChI is InChI=1S/C22H18F3N3O4.ClH/c23-22(24,25)13-6-8-18(27-16-4-2-1-3-14(16)20(29)30)19(10-13)28-17-7-5-12(11-26)9-15(17)21(31)32;/h1-10,27-28H,11,26H2,(H,29,30)(H,31,32);1H. The Bertz CT molecular complexity index is 1190. The van der Waals surface area contributed by atoms with Crippen LogP contribution >= 0.6 is 12.4 Å². The number of hydrogen-bond donors (Lipinski definition) is 5. The first-order valence-corrected chi connectivity index (χ1v) is 9.24. The second-order valence-electron chi connectivity index (χ2n) is 6.75. The second-order valence-corrected chi connectivity index (χ2v) is 6.75. The molecule has 0 unspecified atom stereocenters. The smallest absolute Gasteiger partial charge is 0.416 e. The van der Waals surface area contributed by atoms with Gasteiger partial charge in [0.1, 0.15) is 0 Å². The Hall–Kier alpha value is -3.76. The zero-order valence-corrected chi connectivity index (χ0v) is 17.6. The Kier molecular flexibility index (Phi) is 7.91. The van der Waals surface area contributed by atoms with E-state index in [4.69, 9.17) is 5.73 Å². The predicted molar refractivity (Wildman–Crippen MR) is 120 cm³/mol. The van der Waals surface area contributed by atoms with Crippen molar-refractivity contribution in [2.45, 2.75) is 12.7 Å². The summed E-state index contributed by atoms with van der Waals surface area (Å²) in [6.07, 6.45) is -4.65. The van der Waals surface area contributed by atoms with Crippen molar-refractivity contribution in [3.8, 4) is 0 Å². The van der Waals surface area contributed by atoms with Gasteiger partial charge in [0.25, 0.3) is 0 Å². The van der Waals surface area contributed by atoms with Gasteiger partial charge in [-0.2, -0.15) is 13.2 Å². The fraction of sp³-hybridized carbons (Fsp3) is 0.0909. The molecule has 0 radical (unpaired) electrons. The molecule has 0 fully saturated rings. The van der Waals surface area contributed by atoms with Crippen molar-refractivity contribution in [3.05, 3.63) is 82.9 Å². The number of alkyl halides is 3. The van der Waals surface area contributed by atoms with Crippen molar-refractivity contribution in [1.29, 1.82) is 0 Å². The molecule has 0 bridgehead atoms. The Morgan fingerprint density at radius 2 is 1.36 bits per heavy atom. The van der Waals surface area contributed by atoms with Crippen molar-refractivity contribution >= 4 is 47.1 Å². The molecule has 3 rings (SSSR count). The van der Waals surface area contributed by atoms with Gasteiger partial charge in [0.2, 0.25) is 0 Å². The van der Waals surface area contributed by atoms with Crippen LogP contribution in [-0.4, -0.2) is 22.2 Å². The highest BCUT2D eigenvalue weighted by molar-refractivity contribution is 5.98. The average Bonchev–Trinajstić information content (AvgIpc) is 2.74. The lowest BCUT2D eigenvalue weighted by Crippen LogP contribution is -2.10. The summed E-state index contributed by atoms with van der Waals surface area (Å²) < 4.78 is 39.9. The Balaban J connectivity index is 0.00000385. The molecule has 33 heavy (non-hydrogen) atoms. The minimum atomic E-state index is -4.65. The summed E-state index contributed by atoms with van der Waals surface area (Å²) in [5.41, 5.74) is 5.06. The lowest BCUT2D eigenvalue weighted by atomic mass is 10.1. The zero-order valence-electron chi connectivity index (χ0n) is 16.8. The molecule has 0 aliphatic rings. The minimum Gasteiger partial charge on any atom is -0.478 e. The molecular formula is C22H19ClF3N3O4. The van der Waals surface area contributed by atoms with Crippen LogP contribution in [0.2, 0.25) is 0 Å². The Morgan fingerprint density at radius 1 is 0.788 bits per heavy atom. The molecule has 174 valence electrons. The average molecular weight is 482 g/mol. The summed E-state index contributed by atoms with van der Waals surface area (Å²) in [4.78, 5) is 23.1. The molecule has 0 amide bonds. The number of rotatable bonds is 7. The van der Waals surface area contributed by atoms with Gasteiger partial charge in [-0.25, -0.2) is 9.59 Å². The van der Waals surface area contributed by atoms with Crippen LogP contribution in [0.15, 0.2) is 60.7 Å². The van der Waals surface area contributed by atoms with E-state index in [1.165, 1.54) is 30.3 Å². The molecule has 0 heterocycles. The zero-order chi connectivity index (χ0) is 23.5. The van der Waals surface area contributed by atoms with Crippen LogP contribution in [0.25, 0.3) is 0 Å². The van der Waals surface area contributed by atoms with E-state index in [9.17, 15) is 33.0 Å². The van der Waals surface area contributed by atoms with Crippen LogP contribution in [0, 0.1) is 0 Å². The molecule has 3 aromatic carbocycles. The molecule has 0 saturated carbocycles. The van der Waals surface area contributed by atoms with Crippen molar-refractivity contribution in [2.75, 3.05) is 10.6 Å². The summed E-state index contributed by atoms with van der Waals surface area (Å²) >= 11 is 0. The van der Waals surface area contributed by atoms with Crippen molar-refractivity contribution in [1.82, 2.24) is 0 Å². The molecule has 0 aliphatic heterocycles. The Labute approximate surface area is 192 Å². The van der Waals surface area contributed by atoms with E-state index >= 15 is 0 Å². The van der Waals surface area contributed by atoms with Crippen LogP contribution in [0.3, 0.4) is 0 Å². The third-order valence-corrected chi connectivity index (χ3v) is 4.59. The number of benzene rings is 3. The van der Waals surface area contributed by atoms with Gasteiger partial charge in [-0.15, -0.1) is 12.4 Å². The molecule has 7 nitrogen and oxygen atoms in total. The van der Waals surface area contributed by atoms with Crippen LogP contribution in [0.5, 0.6) is 0 Å². The molecule has 6 N–H and O–H groups in total. The fourth-order valence-corrected chi connectivity index (χ4v) is 3.01. The topological polar surface area (TPSA) is 125 Å². The summed E-state index contributed by atoms with van der Waals surface area (Å²) in [7, 11) is 0. The maximum atomic E-state index is 13.3. The number of aromatic carboxylic acids is 2. The van der Waals surface area contributed by atoms with E-state index in [2.05, 4.69) is 10.6 Å². The summed E-state index contributed by atoms with van der Waals surface area (Å²) in [6.45, 7) is 0.0862. The van der Waals surface area contributed by atoms with Gasteiger partial charge in [0.05, 0.1) is 39.4 Å². The number of hydrogen-bond acceptors (Lipinski definition) is 5. The Morgan fingerprint density at radius 3 is 1.97 bits per heavy atom. The first-order valence-electron chi connectivity index (χ1n) is 9.24. The lowest BCUT2D eigenvalue weighted by molar-refractivity contribution is -0.137. The van der Waals surface area contributed by atoms with Gasteiger partial charge in [0.15, 0.2) is 0 Å². The van der Waals surface area contributed by atoms with E-state index in [1.54, 1.807) is 12.1 Å². The number of carbonyl (C=O) groups is 2. The van der Waals surface area contributed by atoms with Gasteiger partial charge in [-0.05, 0) is 48.0 Å². The van der Waals surface area contributed by atoms with Gasteiger partial charge in [0, 0.05) is 6.54 Å². The summed E-state index contributed by atoms with van der Waals surface area (Å²) in [5.74, 6) is -2.51. The normalized spacial score (nSPS) is 10.8. The highest BCUT2D eigenvalue weighted by Crippen LogP contribution is 2.37. The van der Waals surface area contributed by atoms with E-state index in [0.29, 0.717) is 5.56 Å². The molecule has 0 aliphatic carbocycles. The molecule has 0 atom stereocenters. The van der Waals surface area contributed by atoms with E-state index in [1.807, 2.05) is 0 Å². The van der Waals surface area contributed by atoms with E-state index in [0.717, 1.165) is 18.2 Å². The van der Waals surface area contributed by atoms with Crippen molar-refractivity contribution in [2.24, 2.45) is 5.73 Å². The maximum absolute atomic E-state index is 13.3. The maximum Gasteiger partial charge on any atom is 0.416 e. The lowest BCUT2D eigenvalue weighted by Gasteiger charge is -2.19. The summed E-state index contributed by atoms with van der Waals surface area (Å²) in [6, 6.07) is 13.0. The number of carboxylic acids is 2. The molecule has 0 saturated heterocycles. The predicted octanol–water partition coefficient (Wildman–Crippen LogP) is 5.47. The van der Waals surface area contributed by atoms with Crippen molar-refractivity contribution < 1.29 is 33.0 Å². The number of para-hydroxylation sites is 1. The number of nitrogens with two attached hydrogens (primary N) is 1. The van der Waals surface area contributed by atoms with Gasteiger partial charge >= 0.3 is 18.1 Å². The first kappa shape index (κ1) is 25.5. The summed E-state index contributed by atoms with van der Waals surface area (Å²) in [5, 5.41) is 24.4. The SMILES string of the molecule is Cl.NCc1ccc(Nc2cc(C(F)(F)F)ccc2Nc2ccccc2C(=O)O)c(C(=O)O)c1. The van der Waals surface area contributed by atoms with Gasteiger partial charge < -0.3 is 26.6 Å². The number of anilines is 4. The minimum absolute atomic E-state index is 0. The monoisotopic (exact) mass is 481 g/mol. The quantitative estimate of drug-likeness (QED) is 0.303. The second kappa shape index (κ2) is 10.2. The van der Waals surface area contributed by atoms with Crippen LogP contribution < -0.4 is 16.4 Å². The number of carboxylic acid groups (broad SMARTS) is 2. The van der Waals surface area contributed by atoms with E-state index in [-0.39, 0.29) is 52.8 Å². The molecule has 0 aromatic heterocycles. The number of nitrogens with one attached hydrogen (secondary N) is 2. The molecular weight excluding hydrogens is 463 g/mol. The highest BCUT2D eigenvalue weighted by atomic mass is 35.5. The first-order chi connectivity index (χ1) is 15.1. The molecule has 11 heteroatoms. The third-order valence-electron chi connectivity index (χ3n) is 4.59.